The maximum Gasteiger partial charge on any atom is 0.195 e. The van der Waals surface area contributed by atoms with E-state index < -0.39 is 0 Å². The Morgan fingerprint density at radius 3 is 2.50 bits per heavy atom. The van der Waals surface area contributed by atoms with Crippen LogP contribution in [-0.4, -0.2) is 0 Å². The van der Waals surface area contributed by atoms with Crippen molar-refractivity contribution in [2.24, 2.45) is 0 Å². The van der Waals surface area contributed by atoms with E-state index in [0.717, 1.165) is 36.2 Å². The standard InChI is InChI=1S/C11H16ClFS/c1-4-6-11(3,5-2)8-7-14-10(13)9(8)12/h7H,4-6H2,1-3H3. The maximum absolute atomic E-state index is 13.1. The van der Waals surface area contributed by atoms with Gasteiger partial charge in [0, 0.05) is 0 Å². The summed E-state index contributed by atoms with van der Waals surface area (Å²) in [4.78, 5) is 0. The van der Waals surface area contributed by atoms with Crippen LogP contribution in [0.1, 0.15) is 45.6 Å². The van der Waals surface area contributed by atoms with Gasteiger partial charge in [0.05, 0.1) is 5.02 Å². The Labute approximate surface area is 94.1 Å². The fraction of sp³-hybridized carbons (Fsp3) is 0.636. The molecule has 14 heavy (non-hydrogen) atoms. The van der Waals surface area contributed by atoms with Gasteiger partial charge in [0.25, 0.3) is 0 Å². The molecule has 1 aromatic rings. The first-order valence-electron chi connectivity index (χ1n) is 4.98. The van der Waals surface area contributed by atoms with E-state index in [1.54, 1.807) is 0 Å². The summed E-state index contributed by atoms with van der Waals surface area (Å²) in [6.45, 7) is 6.43. The minimum atomic E-state index is -0.252. The quantitative estimate of drug-likeness (QED) is 0.687. The fourth-order valence-corrected chi connectivity index (χ4v) is 3.10. The van der Waals surface area contributed by atoms with Crippen molar-refractivity contribution < 1.29 is 4.39 Å². The van der Waals surface area contributed by atoms with Crippen LogP contribution in [0.4, 0.5) is 4.39 Å². The van der Waals surface area contributed by atoms with Crippen LogP contribution in [-0.2, 0) is 5.41 Å². The highest BCUT2D eigenvalue weighted by Gasteiger charge is 2.28. The zero-order valence-corrected chi connectivity index (χ0v) is 10.4. The second-order valence-electron chi connectivity index (χ2n) is 3.90. The van der Waals surface area contributed by atoms with Gasteiger partial charge in [-0.1, -0.05) is 38.8 Å². The molecule has 80 valence electrons. The van der Waals surface area contributed by atoms with Crippen molar-refractivity contribution >= 4 is 22.9 Å². The zero-order valence-electron chi connectivity index (χ0n) is 8.86. The predicted molar refractivity (Wildman–Crippen MR) is 61.8 cm³/mol. The van der Waals surface area contributed by atoms with Crippen LogP contribution in [0.2, 0.25) is 5.02 Å². The van der Waals surface area contributed by atoms with Crippen molar-refractivity contribution in [3.63, 3.8) is 0 Å². The average Bonchev–Trinajstić information content (AvgIpc) is 2.48. The molecule has 1 aromatic heterocycles. The third-order valence-corrected chi connectivity index (χ3v) is 4.17. The van der Waals surface area contributed by atoms with Crippen molar-refractivity contribution in [1.82, 2.24) is 0 Å². The van der Waals surface area contributed by atoms with Gasteiger partial charge in [-0.25, -0.2) is 0 Å². The van der Waals surface area contributed by atoms with E-state index in [9.17, 15) is 4.39 Å². The molecule has 0 aliphatic rings. The van der Waals surface area contributed by atoms with Crippen molar-refractivity contribution in [3.05, 3.63) is 21.1 Å². The lowest BCUT2D eigenvalue weighted by molar-refractivity contribution is 0.414. The first-order valence-corrected chi connectivity index (χ1v) is 6.24. The first-order chi connectivity index (χ1) is 6.55. The lowest BCUT2D eigenvalue weighted by Gasteiger charge is -2.27. The van der Waals surface area contributed by atoms with Gasteiger partial charge >= 0.3 is 0 Å². The van der Waals surface area contributed by atoms with Crippen LogP contribution in [0, 0.1) is 5.13 Å². The summed E-state index contributed by atoms with van der Waals surface area (Å²) in [7, 11) is 0. The molecule has 0 aliphatic heterocycles. The molecule has 0 aliphatic carbocycles. The molecule has 1 unspecified atom stereocenters. The summed E-state index contributed by atoms with van der Waals surface area (Å²) in [5.74, 6) is 0. The number of rotatable bonds is 4. The maximum atomic E-state index is 13.1. The minimum Gasteiger partial charge on any atom is -0.193 e. The largest absolute Gasteiger partial charge is 0.195 e. The zero-order chi connectivity index (χ0) is 10.8. The van der Waals surface area contributed by atoms with E-state index in [-0.39, 0.29) is 10.5 Å². The van der Waals surface area contributed by atoms with Crippen LogP contribution in [0.3, 0.4) is 0 Å². The summed E-state index contributed by atoms with van der Waals surface area (Å²) in [6, 6.07) is 0. The monoisotopic (exact) mass is 234 g/mol. The molecule has 0 saturated heterocycles. The Hall–Kier alpha value is -0.0800. The number of halogens is 2. The second-order valence-corrected chi connectivity index (χ2v) is 5.11. The van der Waals surface area contributed by atoms with Gasteiger partial charge in [-0.2, -0.15) is 4.39 Å². The fourth-order valence-electron chi connectivity index (χ4n) is 1.78. The highest BCUT2D eigenvalue weighted by Crippen LogP contribution is 2.40. The topological polar surface area (TPSA) is 0 Å². The van der Waals surface area contributed by atoms with Crippen molar-refractivity contribution in [2.75, 3.05) is 0 Å². The molecule has 0 bridgehead atoms. The molecule has 1 rings (SSSR count). The Morgan fingerprint density at radius 2 is 2.14 bits per heavy atom. The van der Waals surface area contributed by atoms with E-state index in [1.807, 2.05) is 5.38 Å². The molecule has 0 spiro atoms. The third-order valence-electron chi connectivity index (χ3n) is 2.92. The summed E-state index contributed by atoms with van der Waals surface area (Å²) in [5.41, 5.74) is 1.01. The van der Waals surface area contributed by atoms with Crippen molar-refractivity contribution in [1.29, 1.82) is 0 Å². The van der Waals surface area contributed by atoms with E-state index in [2.05, 4.69) is 20.8 Å². The molecule has 1 atom stereocenters. The number of thiophene rings is 1. The van der Waals surface area contributed by atoms with Crippen LogP contribution in [0.15, 0.2) is 5.38 Å². The summed E-state index contributed by atoms with van der Waals surface area (Å²) in [6.07, 6.45) is 3.15. The van der Waals surface area contributed by atoms with Crippen molar-refractivity contribution in [3.8, 4) is 0 Å². The number of hydrogen-bond acceptors (Lipinski definition) is 1. The third kappa shape index (κ3) is 2.12. The highest BCUT2D eigenvalue weighted by atomic mass is 35.5. The van der Waals surface area contributed by atoms with Gasteiger partial charge in [-0.05, 0) is 29.2 Å². The summed E-state index contributed by atoms with van der Waals surface area (Å²) < 4.78 is 13.1. The summed E-state index contributed by atoms with van der Waals surface area (Å²) >= 11 is 7.04. The Balaban J connectivity index is 3.05. The molecule has 0 aromatic carbocycles. The Kier molecular flexibility index (Phi) is 3.96. The van der Waals surface area contributed by atoms with Crippen LogP contribution in [0.5, 0.6) is 0 Å². The molecule has 0 N–H and O–H groups in total. The van der Waals surface area contributed by atoms with Gasteiger partial charge < -0.3 is 0 Å². The Bertz CT molecular complexity index is 308. The average molecular weight is 235 g/mol. The van der Waals surface area contributed by atoms with Gasteiger partial charge in [0.2, 0.25) is 0 Å². The van der Waals surface area contributed by atoms with Gasteiger partial charge in [-0.3, -0.25) is 0 Å². The van der Waals surface area contributed by atoms with Gasteiger partial charge in [0.15, 0.2) is 5.13 Å². The second kappa shape index (κ2) is 4.63. The Morgan fingerprint density at radius 1 is 1.50 bits per heavy atom. The van der Waals surface area contributed by atoms with E-state index in [1.165, 1.54) is 0 Å². The molecular formula is C11H16ClFS. The SMILES string of the molecule is CCCC(C)(CC)c1csc(F)c1Cl. The molecular weight excluding hydrogens is 219 g/mol. The smallest absolute Gasteiger partial charge is 0.193 e. The molecule has 0 saturated carbocycles. The molecule has 3 heteroatoms. The van der Waals surface area contributed by atoms with E-state index >= 15 is 0 Å². The summed E-state index contributed by atoms with van der Waals surface area (Å²) in [5, 5.41) is 1.93. The van der Waals surface area contributed by atoms with Crippen molar-refractivity contribution in [2.45, 2.75) is 45.4 Å². The number of hydrogen-bond donors (Lipinski definition) is 0. The van der Waals surface area contributed by atoms with E-state index in [4.69, 9.17) is 11.6 Å². The van der Waals surface area contributed by atoms with Crippen LogP contribution >= 0.6 is 22.9 Å². The molecule has 0 nitrogen and oxygen atoms in total. The van der Waals surface area contributed by atoms with Crippen LogP contribution < -0.4 is 0 Å². The molecule has 0 radical (unpaired) electrons. The predicted octanol–water partition coefficient (Wildman–Crippen LogP) is 5.01. The van der Waals surface area contributed by atoms with E-state index in [0.29, 0.717) is 5.02 Å². The lowest BCUT2D eigenvalue weighted by Crippen LogP contribution is -2.20. The first kappa shape index (κ1) is 12.0. The molecule has 0 amide bonds. The normalized spacial score (nSPS) is 15.5. The minimum absolute atomic E-state index is 0.0344. The molecule has 0 fully saturated rings. The molecule has 1 heterocycles. The lowest BCUT2D eigenvalue weighted by atomic mass is 9.78. The van der Waals surface area contributed by atoms with Crippen LogP contribution in [0.25, 0.3) is 0 Å². The van der Waals surface area contributed by atoms with Gasteiger partial charge in [-0.15, -0.1) is 11.3 Å². The highest BCUT2D eigenvalue weighted by molar-refractivity contribution is 7.09. The van der Waals surface area contributed by atoms with Gasteiger partial charge in [0.1, 0.15) is 0 Å².